The highest BCUT2D eigenvalue weighted by molar-refractivity contribution is 6.02. The van der Waals surface area contributed by atoms with Crippen LogP contribution in [0.25, 0.3) is 21.9 Å². The van der Waals surface area contributed by atoms with Gasteiger partial charge in [-0.15, -0.1) is 0 Å². The number of H-pyrrole nitrogens is 1. The van der Waals surface area contributed by atoms with Crippen LogP contribution in [0.15, 0.2) is 30.7 Å². The van der Waals surface area contributed by atoms with Crippen LogP contribution in [0.3, 0.4) is 0 Å². The molecule has 0 aliphatic carbocycles. The summed E-state index contributed by atoms with van der Waals surface area (Å²) in [5.74, 6) is 0.819. The number of pyridine rings is 1. The van der Waals surface area contributed by atoms with E-state index in [1.54, 1.807) is 19.6 Å². The first kappa shape index (κ1) is 8.23. The summed E-state index contributed by atoms with van der Waals surface area (Å²) in [6, 6.07) is 5.78. The van der Waals surface area contributed by atoms with Gasteiger partial charge in [0.25, 0.3) is 0 Å². The Morgan fingerprint density at radius 1 is 1.27 bits per heavy atom. The van der Waals surface area contributed by atoms with Gasteiger partial charge in [0, 0.05) is 5.39 Å². The number of hydrogen-bond donors (Lipinski definition) is 1. The van der Waals surface area contributed by atoms with Crippen LogP contribution < -0.4 is 4.74 Å². The van der Waals surface area contributed by atoms with Crippen LogP contribution in [0.2, 0.25) is 0 Å². The molecular formula is C11H9N3O. The summed E-state index contributed by atoms with van der Waals surface area (Å²) in [5, 5.41) is 1.01. The van der Waals surface area contributed by atoms with Crippen LogP contribution in [0.1, 0.15) is 0 Å². The van der Waals surface area contributed by atoms with Crippen molar-refractivity contribution in [3.05, 3.63) is 30.7 Å². The minimum Gasteiger partial charge on any atom is -0.497 e. The van der Waals surface area contributed by atoms with E-state index in [1.165, 1.54) is 0 Å². The van der Waals surface area contributed by atoms with Crippen molar-refractivity contribution in [1.82, 2.24) is 15.0 Å². The molecule has 0 atom stereocenters. The van der Waals surface area contributed by atoms with Gasteiger partial charge in [0.2, 0.25) is 0 Å². The first-order valence-corrected chi connectivity index (χ1v) is 4.64. The van der Waals surface area contributed by atoms with Crippen molar-refractivity contribution in [2.45, 2.75) is 0 Å². The molecule has 1 aromatic carbocycles. The number of nitrogens with one attached hydrogen (secondary N) is 1. The van der Waals surface area contributed by atoms with Gasteiger partial charge in [-0.1, -0.05) is 0 Å². The van der Waals surface area contributed by atoms with Crippen LogP contribution in [-0.4, -0.2) is 22.1 Å². The fraction of sp³-hybridized carbons (Fsp3) is 0.0909. The molecule has 4 heteroatoms. The van der Waals surface area contributed by atoms with E-state index in [4.69, 9.17) is 4.74 Å². The smallest absolute Gasteiger partial charge is 0.119 e. The lowest BCUT2D eigenvalue weighted by Crippen LogP contribution is -1.85. The third-order valence-corrected chi connectivity index (χ3v) is 2.46. The predicted octanol–water partition coefficient (Wildman–Crippen LogP) is 2.12. The summed E-state index contributed by atoms with van der Waals surface area (Å²) in [4.78, 5) is 11.6. The van der Waals surface area contributed by atoms with E-state index in [-0.39, 0.29) is 0 Å². The van der Waals surface area contributed by atoms with Gasteiger partial charge in [0.1, 0.15) is 5.75 Å². The molecule has 1 N–H and O–H groups in total. The van der Waals surface area contributed by atoms with Crippen molar-refractivity contribution in [2.24, 2.45) is 0 Å². The maximum absolute atomic E-state index is 5.18. The number of methoxy groups -OCH3 is 1. The van der Waals surface area contributed by atoms with Gasteiger partial charge in [0.05, 0.1) is 36.2 Å². The number of imidazole rings is 1. The molecule has 3 rings (SSSR count). The first-order chi connectivity index (χ1) is 7.38. The quantitative estimate of drug-likeness (QED) is 0.653. The lowest BCUT2D eigenvalue weighted by molar-refractivity contribution is 0.415. The summed E-state index contributed by atoms with van der Waals surface area (Å²) >= 11 is 0. The molecule has 0 bridgehead atoms. The van der Waals surface area contributed by atoms with E-state index in [0.29, 0.717) is 0 Å². The maximum atomic E-state index is 5.18. The van der Waals surface area contributed by atoms with Gasteiger partial charge in [-0.25, -0.2) is 4.98 Å². The topological polar surface area (TPSA) is 50.8 Å². The Labute approximate surface area is 85.9 Å². The number of nitrogens with zero attached hydrogens (tertiary/aromatic N) is 2. The van der Waals surface area contributed by atoms with Gasteiger partial charge in [0.15, 0.2) is 0 Å². The Morgan fingerprint density at radius 3 is 3.07 bits per heavy atom. The third kappa shape index (κ3) is 1.15. The molecule has 0 fully saturated rings. The Bertz CT molecular complexity index is 630. The molecule has 2 aromatic heterocycles. The van der Waals surface area contributed by atoms with Crippen LogP contribution >= 0.6 is 0 Å². The second-order valence-corrected chi connectivity index (χ2v) is 3.31. The molecule has 4 nitrogen and oxygen atoms in total. The van der Waals surface area contributed by atoms with E-state index >= 15 is 0 Å². The molecule has 3 aromatic rings. The fourth-order valence-electron chi connectivity index (χ4n) is 1.70. The average molecular weight is 199 g/mol. The number of fused-ring (bicyclic) bond motifs is 3. The number of ether oxygens (including phenoxy) is 1. The largest absolute Gasteiger partial charge is 0.497 e. The summed E-state index contributed by atoms with van der Waals surface area (Å²) in [5.41, 5.74) is 2.80. The van der Waals surface area contributed by atoms with Crippen molar-refractivity contribution < 1.29 is 4.74 Å². The van der Waals surface area contributed by atoms with Gasteiger partial charge in [-0.3, -0.25) is 4.98 Å². The molecule has 2 heterocycles. The second kappa shape index (κ2) is 2.95. The molecule has 0 aliphatic heterocycles. The van der Waals surface area contributed by atoms with Gasteiger partial charge >= 0.3 is 0 Å². The number of benzene rings is 1. The SMILES string of the molecule is COc1ccc2ncc3[nH]cnc3c2c1. The third-order valence-electron chi connectivity index (χ3n) is 2.46. The van der Waals surface area contributed by atoms with Gasteiger partial charge < -0.3 is 9.72 Å². The first-order valence-electron chi connectivity index (χ1n) is 4.64. The van der Waals surface area contributed by atoms with Crippen molar-refractivity contribution in [3.8, 4) is 5.75 Å². The lowest BCUT2D eigenvalue weighted by Gasteiger charge is -2.01. The summed E-state index contributed by atoms with van der Waals surface area (Å²) in [6.45, 7) is 0. The number of aromatic amines is 1. The standard InChI is InChI=1S/C11H9N3O/c1-15-7-2-3-9-8(4-7)11-10(5-12-9)13-6-14-11/h2-6H,1H3,(H,13,14). The molecular weight excluding hydrogens is 190 g/mol. The van der Waals surface area contributed by atoms with Crippen molar-refractivity contribution in [3.63, 3.8) is 0 Å². The van der Waals surface area contributed by atoms with E-state index in [0.717, 1.165) is 27.7 Å². The molecule has 74 valence electrons. The minimum absolute atomic E-state index is 0.819. The van der Waals surface area contributed by atoms with E-state index in [2.05, 4.69) is 15.0 Å². The Morgan fingerprint density at radius 2 is 2.20 bits per heavy atom. The highest BCUT2D eigenvalue weighted by atomic mass is 16.5. The Hall–Kier alpha value is -2.10. The van der Waals surface area contributed by atoms with Crippen molar-refractivity contribution in [1.29, 1.82) is 0 Å². The molecule has 0 unspecified atom stereocenters. The zero-order chi connectivity index (χ0) is 10.3. The van der Waals surface area contributed by atoms with Gasteiger partial charge in [-0.05, 0) is 18.2 Å². The highest BCUT2D eigenvalue weighted by Crippen LogP contribution is 2.24. The van der Waals surface area contributed by atoms with Crippen molar-refractivity contribution >= 4 is 21.9 Å². The highest BCUT2D eigenvalue weighted by Gasteiger charge is 2.04. The van der Waals surface area contributed by atoms with Crippen LogP contribution in [0.5, 0.6) is 5.75 Å². The van der Waals surface area contributed by atoms with Crippen LogP contribution in [-0.2, 0) is 0 Å². The molecule has 0 amide bonds. The minimum atomic E-state index is 0.819. The number of aromatic nitrogens is 3. The van der Waals surface area contributed by atoms with Gasteiger partial charge in [-0.2, -0.15) is 0 Å². The molecule has 0 saturated carbocycles. The zero-order valence-corrected chi connectivity index (χ0v) is 8.19. The lowest BCUT2D eigenvalue weighted by atomic mass is 10.2. The molecule has 0 spiro atoms. The molecule has 15 heavy (non-hydrogen) atoms. The maximum Gasteiger partial charge on any atom is 0.119 e. The average Bonchev–Trinajstić information content (AvgIpc) is 2.76. The summed E-state index contributed by atoms with van der Waals surface area (Å²) in [6.07, 6.45) is 3.46. The van der Waals surface area contributed by atoms with Crippen LogP contribution in [0, 0.1) is 0 Å². The van der Waals surface area contributed by atoms with Crippen LogP contribution in [0.4, 0.5) is 0 Å². The fourth-order valence-corrected chi connectivity index (χ4v) is 1.70. The number of hydrogen-bond acceptors (Lipinski definition) is 3. The molecule has 0 radical (unpaired) electrons. The monoisotopic (exact) mass is 199 g/mol. The zero-order valence-electron chi connectivity index (χ0n) is 8.19. The molecule has 0 aliphatic rings. The Kier molecular flexibility index (Phi) is 1.62. The summed E-state index contributed by atoms with van der Waals surface area (Å²) < 4.78 is 5.18. The molecule has 0 saturated heterocycles. The summed E-state index contributed by atoms with van der Waals surface area (Å²) in [7, 11) is 1.65. The number of rotatable bonds is 1. The predicted molar refractivity (Wildman–Crippen MR) is 57.9 cm³/mol. The van der Waals surface area contributed by atoms with E-state index in [9.17, 15) is 0 Å². The van der Waals surface area contributed by atoms with E-state index < -0.39 is 0 Å². The second-order valence-electron chi connectivity index (χ2n) is 3.31. The Balaban J connectivity index is 2.48. The normalized spacial score (nSPS) is 11.0. The van der Waals surface area contributed by atoms with E-state index in [1.807, 2.05) is 18.2 Å². The van der Waals surface area contributed by atoms with Crippen molar-refractivity contribution in [2.75, 3.05) is 7.11 Å².